The summed E-state index contributed by atoms with van der Waals surface area (Å²) >= 11 is 0. The van der Waals surface area contributed by atoms with Gasteiger partial charge in [-0.15, -0.1) is 0 Å². The molecule has 0 radical (unpaired) electrons. The molecule has 1 fully saturated rings. The van der Waals surface area contributed by atoms with E-state index in [4.69, 9.17) is 9.84 Å². The first kappa shape index (κ1) is 14.5. The van der Waals surface area contributed by atoms with Gasteiger partial charge in [-0.25, -0.2) is 9.18 Å². The summed E-state index contributed by atoms with van der Waals surface area (Å²) in [7, 11) is 0. The summed E-state index contributed by atoms with van der Waals surface area (Å²) in [6, 6.07) is 5.99. The molecule has 6 heteroatoms. The van der Waals surface area contributed by atoms with Gasteiger partial charge in [0.15, 0.2) is 6.10 Å². The topological polar surface area (TPSA) is 66.8 Å². The van der Waals surface area contributed by atoms with Crippen LogP contribution in [-0.2, 0) is 20.7 Å². The predicted octanol–water partition coefficient (Wildman–Crippen LogP) is 1.07. The van der Waals surface area contributed by atoms with Gasteiger partial charge in [0.05, 0.1) is 13.2 Å². The maximum absolute atomic E-state index is 12.8. The number of carbonyl (C=O) groups excluding carboxylic acids is 1. The molecule has 1 heterocycles. The number of hydrogen-bond acceptors (Lipinski definition) is 3. The van der Waals surface area contributed by atoms with Crippen molar-refractivity contribution in [2.45, 2.75) is 18.9 Å². The summed E-state index contributed by atoms with van der Waals surface area (Å²) in [6.45, 7) is 0.725. The zero-order valence-corrected chi connectivity index (χ0v) is 10.9. The van der Waals surface area contributed by atoms with Crippen LogP contribution in [0.1, 0.15) is 12.0 Å². The fourth-order valence-electron chi connectivity index (χ4n) is 2.09. The van der Waals surface area contributed by atoms with E-state index in [1.807, 2.05) is 0 Å². The number of carboxylic acid groups (broad SMARTS) is 1. The van der Waals surface area contributed by atoms with Gasteiger partial charge in [0.1, 0.15) is 5.82 Å². The smallest absolute Gasteiger partial charge is 0.334 e. The van der Waals surface area contributed by atoms with Gasteiger partial charge in [0.2, 0.25) is 5.91 Å². The molecule has 1 unspecified atom stereocenters. The first-order valence-electron chi connectivity index (χ1n) is 6.43. The Bertz CT molecular complexity index is 488. The van der Waals surface area contributed by atoms with Crippen LogP contribution in [0, 0.1) is 5.82 Å². The Morgan fingerprint density at radius 2 is 2.05 bits per heavy atom. The lowest BCUT2D eigenvalue weighted by molar-refractivity contribution is -0.159. The summed E-state index contributed by atoms with van der Waals surface area (Å²) in [4.78, 5) is 24.4. The van der Waals surface area contributed by atoms with E-state index in [2.05, 4.69) is 0 Å². The molecular formula is C14H16FNO4. The number of nitrogens with zero attached hydrogens (tertiary/aromatic N) is 1. The van der Waals surface area contributed by atoms with Crippen molar-refractivity contribution in [2.75, 3.05) is 19.7 Å². The van der Waals surface area contributed by atoms with Crippen LogP contribution in [0.5, 0.6) is 0 Å². The van der Waals surface area contributed by atoms with Gasteiger partial charge in [0, 0.05) is 13.0 Å². The van der Waals surface area contributed by atoms with Crippen LogP contribution in [0.25, 0.3) is 0 Å². The lowest BCUT2D eigenvalue weighted by atomic mass is 10.1. The van der Waals surface area contributed by atoms with Crippen molar-refractivity contribution >= 4 is 11.9 Å². The number of aryl methyl sites for hydroxylation is 1. The molecule has 5 nitrogen and oxygen atoms in total. The van der Waals surface area contributed by atoms with E-state index >= 15 is 0 Å². The number of halogens is 1. The van der Waals surface area contributed by atoms with E-state index in [0.29, 0.717) is 13.0 Å². The Labute approximate surface area is 116 Å². The second-order valence-corrected chi connectivity index (χ2v) is 4.66. The molecule has 1 aromatic carbocycles. The van der Waals surface area contributed by atoms with E-state index < -0.39 is 12.1 Å². The molecule has 2 rings (SSSR count). The molecule has 1 aliphatic rings. The van der Waals surface area contributed by atoms with Crippen molar-refractivity contribution in [1.82, 2.24) is 4.90 Å². The average Bonchev–Trinajstić information content (AvgIpc) is 2.46. The zero-order chi connectivity index (χ0) is 14.5. The molecule has 1 amide bonds. The Kier molecular flexibility index (Phi) is 4.68. The van der Waals surface area contributed by atoms with Crippen LogP contribution in [-0.4, -0.2) is 47.7 Å². The van der Waals surface area contributed by atoms with Crippen LogP contribution in [0.3, 0.4) is 0 Å². The highest BCUT2D eigenvalue weighted by atomic mass is 19.1. The fourth-order valence-corrected chi connectivity index (χ4v) is 2.09. The molecule has 0 bridgehead atoms. The molecule has 1 aliphatic heterocycles. The minimum Gasteiger partial charge on any atom is -0.479 e. The molecule has 1 N–H and O–H groups in total. The Morgan fingerprint density at radius 3 is 2.70 bits per heavy atom. The number of morpholine rings is 1. The molecule has 0 aromatic heterocycles. The second kappa shape index (κ2) is 6.47. The number of carboxylic acids is 1. The van der Waals surface area contributed by atoms with Crippen LogP contribution < -0.4 is 0 Å². The minimum absolute atomic E-state index is 0.0809. The van der Waals surface area contributed by atoms with Crippen molar-refractivity contribution < 1.29 is 23.8 Å². The SMILES string of the molecule is O=C(O)C1CN(C(=O)CCc2ccc(F)cc2)CCO1. The summed E-state index contributed by atoms with van der Waals surface area (Å²) in [6.07, 6.45) is -0.162. The largest absolute Gasteiger partial charge is 0.479 e. The average molecular weight is 281 g/mol. The third-order valence-electron chi connectivity index (χ3n) is 3.24. The van der Waals surface area contributed by atoms with Gasteiger partial charge < -0.3 is 14.7 Å². The minimum atomic E-state index is -1.05. The highest BCUT2D eigenvalue weighted by Crippen LogP contribution is 2.10. The van der Waals surface area contributed by atoms with Crippen molar-refractivity contribution in [3.63, 3.8) is 0 Å². The monoisotopic (exact) mass is 281 g/mol. The Hall–Kier alpha value is -1.95. The second-order valence-electron chi connectivity index (χ2n) is 4.66. The molecule has 1 aromatic rings. The summed E-state index contributed by atoms with van der Waals surface area (Å²) in [5.74, 6) is -1.47. The van der Waals surface area contributed by atoms with E-state index in [-0.39, 0.29) is 31.3 Å². The first-order chi connectivity index (χ1) is 9.56. The van der Waals surface area contributed by atoms with E-state index in [0.717, 1.165) is 5.56 Å². The molecule has 0 aliphatic carbocycles. The van der Waals surface area contributed by atoms with Crippen molar-refractivity contribution in [3.05, 3.63) is 35.6 Å². The van der Waals surface area contributed by atoms with Gasteiger partial charge in [-0.1, -0.05) is 12.1 Å². The predicted molar refractivity (Wildman–Crippen MR) is 68.7 cm³/mol. The maximum atomic E-state index is 12.8. The molecule has 1 atom stereocenters. The van der Waals surface area contributed by atoms with Gasteiger partial charge in [-0.2, -0.15) is 0 Å². The summed E-state index contributed by atoms with van der Waals surface area (Å²) in [5, 5.41) is 8.87. The number of amides is 1. The van der Waals surface area contributed by atoms with Gasteiger partial charge in [-0.3, -0.25) is 4.79 Å². The molecule has 108 valence electrons. The summed E-state index contributed by atoms with van der Waals surface area (Å²) in [5.41, 5.74) is 0.878. The highest BCUT2D eigenvalue weighted by Gasteiger charge is 2.28. The molecule has 0 spiro atoms. The van der Waals surface area contributed by atoms with Gasteiger partial charge in [0.25, 0.3) is 0 Å². The first-order valence-corrected chi connectivity index (χ1v) is 6.43. The third-order valence-corrected chi connectivity index (χ3v) is 3.24. The zero-order valence-electron chi connectivity index (χ0n) is 10.9. The standard InChI is InChI=1S/C14H16FNO4/c15-11-4-1-10(2-5-11)3-6-13(17)16-7-8-20-12(9-16)14(18)19/h1-2,4-5,12H,3,6-9H2,(H,18,19). The Balaban J connectivity index is 1.85. The highest BCUT2D eigenvalue weighted by molar-refractivity contribution is 5.78. The number of aliphatic carboxylic acids is 1. The fraction of sp³-hybridized carbons (Fsp3) is 0.429. The number of carbonyl (C=O) groups is 2. The number of rotatable bonds is 4. The van der Waals surface area contributed by atoms with Crippen molar-refractivity contribution in [1.29, 1.82) is 0 Å². The summed E-state index contributed by atoms with van der Waals surface area (Å²) < 4.78 is 17.8. The van der Waals surface area contributed by atoms with Gasteiger partial charge in [-0.05, 0) is 24.1 Å². The molecule has 0 saturated carbocycles. The molecule has 20 heavy (non-hydrogen) atoms. The Morgan fingerprint density at radius 1 is 1.35 bits per heavy atom. The third kappa shape index (κ3) is 3.77. The molecular weight excluding hydrogens is 265 g/mol. The van der Waals surface area contributed by atoms with Crippen molar-refractivity contribution in [3.8, 4) is 0 Å². The molecule has 1 saturated heterocycles. The van der Waals surface area contributed by atoms with Crippen LogP contribution >= 0.6 is 0 Å². The normalized spacial score (nSPS) is 18.9. The van der Waals surface area contributed by atoms with Crippen molar-refractivity contribution in [2.24, 2.45) is 0 Å². The number of hydrogen-bond donors (Lipinski definition) is 1. The van der Waals surface area contributed by atoms with E-state index in [1.54, 1.807) is 12.1 Å². The lowest BCUT2D eigenvalue weighted by Gasteiger charge is -2.30. The lowest BCUT2D eigenvalue weighted by Crippen LogP contribution is -2.48. The van der Waals surface area contributed by atoms with E-state index in [9.17, 15) is 14.0 Å². The number of ether oxygens (including phenoxy) is 1. The van der Waals surface area contributed by atoms with Crippen LogP contribution in [0.2, 0.25) is 0 Å². The maximum Gasteiger partial charge on any atom is 0.334 e. The van der Waals surface area contributed by atoms with Crippen LogP contribution in [0.15, 0.2) is 24.3 Å². The van der Waals surface area contributed by atoms with Crippen LogP contribution in [0.4, 0.5) is 4.39 Å². The quantitative estimate of drug-likeness (QED) is 0.896. The van der Waals surface area contributed by atoms with Gasteiger partial charge >= 0.3 is 5.97 Å². The number of benzene rings is 1. The van der Waals surface area contributed by atoms with E-state index in [1.165, 1.54) is 17.0 Å².